The van der Waals surface area contributed by atoms with E-state index in [0.29, 0.717) is 5.69 Å². The first-order valence-corrected chi connectivity index (χ1v) is 7.61. The molecular formula is C18H16N4O. The highest BCUT2D eigenvalue weighted by molar-refractivity contribution is 5.96. The SMILES string of the molecule is CCNn1cc(-c2nc3ccccc3[nH]c2=O)c2ccccc21. The molecule has 0 aliphatic carbocycles. The molecule has 5 nitrogen and oxygen atoms in total. The van der Waals surface area contributed by atoms with Crippen LogP contribution < -0.4 is 11.0 Å². The molecule has 0 aliphatic heterocycles. The molecule has 23 heavy (non-hydrogen) atoms. The van der Waals surface area contributed by atoms with Crippen LogP contribution in [-0.2, 0) is 0 Å². The number of H-pyrrole nitrogens is 1. The van der Waals surface area contributed by atoms with E-state index in [1.165, 1.54) is 0 Å². The zero-order valence-electron chi connectivity index (χ0n) is 12.7. The predicted octanol–water partition coefficient (Wildman–Crippen LogP) is 3.11. The van der Waals surface area contributed by atoms with Crippen molar-refractivity contribution in [3.05, 3.63) is 65.1 Å². The van der Waals surface area contributed by atoms with Gasteiger partial charge in [0.2, 0.25) is 0 Å². The minimum absolute atomic E-state index is 0.178. The summed E-state index contributed by atoms with van der Waals surface area (Å²) in [7, 11) is 0. The minimum atomic E-state index is -0.178. The summed E-state index contributed by atoms with van der Waals surface area (Å²) in [6.45, 7) is 2.83. The van der Waals surface area contributed by atoms with Gasteiger partial charge in [0.05, 0.1) is 16.6 Å². The number of nitrogens with zero attached hydrogens (tertiary/aromatic N) is 2. The van der Waals surface area contributed by atoms with Gasteiger partial charge in [0.25, 0.3) is 5.56 Å². The van der Waals surface area contributed by atoms with Gasteiger partial charge in [-0.2, -0.15) is 0 Å². The molecule has 2 heterocycles. The van der Waals surface area contributed by atoms with E-state index < -0.39 is 0 Å². The minimum Gasteiger partial charge on any atom is -0.326 e. The highest BCUT2D eigenvalue weighted by atomic mass is 16.1. The first-order chi connectivity index (χ1) is 11.3. The summed E-state index contributed by atoms with van der Waals surface area (Å²) in [5.74, 6) is 0. The number of hydrogen-bond donors (Lipinski definition) is 2. The average molecular weight is 304 g/mol. The quantitative estimate of drug-likeness (QED) is 0.611. The van der Waals surface area contributed by atoms with Crippen LogP contribution in [0.1, 0.15) is 6.92 Å². The second-order valence-electron chi connectivity index (χ2n) is 5.37. The first kappa shape index (κ1) is 13.6. The van der Waals surface area contributed by atoms with Crippen LogP contribution in [0.5, 0.6) is 0 Å². The lowest BCUT2D eigenvalue weighted by Crippen LogP contribution is -2.13. The monoisotopic (exact) mass is 304 g/mol. The Hall–Kier alpha value is -3.08. The Morgan fingerprint density at radius 1 is 1.13 bits per heavy atom. The number of para-hydroxylation sites is 3. The molecule has 0 aliphatic rings. The fourth-order valence-electron chi connectivity index (χ4n) is 2.88. The van der Waals surface area contributed by atoms with E-state index in [-0.39, 0.29) is 5.56 Å². The molecule has 0 fully saturated rings. The molecule has 4 aromatic rings. The van der Waals surface area contributed by atoms with Crippen LogP contribution in [0.3, 0.4) is 0 Å². The molecule has 0 saturated heterocycles. The third-order valence-electron chi connectivity index (χ3n) is 3.90. The summed E-state index contributed by atoms with van der Waals surface area (Å²) in [5, 5.41) is 1.00. The van der Waals surface area contributed by atoms with Crippen molar-refractivity contribution in [2.24, 2.45) is 0 Å². The lowest BCUT2D eigenvalue weighted by Gasteiger charge is -2.05. The van der Waals surface area contributed by atoms with Gasteiger partial charge in [0.1, 0.15) is 5.69 Å². The standard InChI is InChI=1S/C18H16N4O/c1-2-19-22-11-13(12-7-3-6-10-16(12)22)17-18(23)21-15-9-5-4-8-14(15)20-17/h3-11,19H,2H2,1H3,(H,21,23). The molecule has 0 bridgehead atoms. The van der Waals surface area contributed by atoms with Gasteiger partial charge >= 0.3 is 0 Å². The fourth-order valence-corrected chi connectivity index (χ4v) is 2.88. The molecule has 5 heteroatoms. The molecule has 114 valence electrons. The van der Waals surface area contributed by atoms with Crippen molar-refractivity contribution in [2.75, 3.05) is 12.0 Å². The van der Waals surface area contributed by atoms with Gasteiger partial charge in [-0.1, -0.05) is 30.3 Å². The van der Waals surface area contributed by atoms with Crippen molar-refractivity contribution < 1.29 is 0 Å². The molecule has 2 aromatic carbocycles. The van der Waals surface area contributed by atoms with Gasteiger partial charge < -0.3 is 10.4 Å². The number of benzene rings is 2. The number of fused-ring (bicyclic) bond motifs is 2. The molecular weight excluding hydrogens is 288 g/mol. The Labute approximate surface area is 132 Å². The van der Waals surface area contributed by atoms with Crippen LogP contribution in [0.25, 0.3) is 33.2 Å². The van der Waals surface area contributed by atoms with E-state index in [4.69, 9.17) is 0 Å². The van der Waals surface area contributed by atoms with Gasteiger partial charge in [0, 0.05) is 23.7 Å². The third kappa shape index (κ3) is 2.17. The molecule has 0 saturated carbocycles. The van der Waals surface area contributed by atoms with Crippen molar-refractivity contribution in [1.29, 1.82) is 0 Å². The summed E-state index contributed by atoms with van der Waals surface area (Å²) in [6.07, 6.45) is 1.93. The summed E-state index contributed by atoms with van der Waals surface area (Å²) in [5.41, 5.74) is 6.92. The summed E-state index contributed by atoms with van der Waals surface area (Å²) >= 11 is 0. The Morgan fingerprint density at radius 3 is 2.78 bits per heavy atom. The number of hydrogen-bond acceptors (Lipinski definition) is 3. The van der Waals surface area contributed by atoms with E-state index >= 15 is 0 Å². The van der Waals surface area contributed by atoms with Crippen molar-refractivity contribution in [2.45, 2.75) is 6.92 Å². The maximum atomic E-state index is 12.5. The number of aromatic nitrogens is 3. The van der Waals surface area contributed by atoms with Crippen LogP contribution in [0.2, 0.25) is 0 Å². The van der Waals surface area contributed by atoms with Gasteiger partial charge in [-0.05, 0) is 25.1 Å². The third-order valence-corrected chi connectivity index (χ3v) is 3.90. The predicted molar refractivity (Wildman–Crippen MR) is 93.2 cm³/mol. The topological polar surface area (TPSA) is 62.7 Å². The Bertz CT molecular complexity index is 1060. The van der Waals surface area contributed by atoms with E-state index in [0.717, 1.165) is 34.0 Å². The average Bonchev–Trinajstić information content (AvgIpc) is 2.93. The Balaban J connectivity index is 2.02. The van der Waals surface area contributed by atoms with E-state index in [2.05, 4.69) is 15.4 Å². The smallest absolute Gasteiger partial charge is 0.275 e. The summed E-state index contributed by atoms with van der Waals surface area (Å²) < 4.78 is 1.95. The zero-order chi connectivity index (χ0) is 15.8. The van der Waals surface area contributed by atoms with Crippen LogP contribution in [0, 0.1) is 0 Å². The number of rotatable bonds is 3. The maximum absolute atomic E-state index is 12.5. The molecule has 0 spiro atoms. The lowest BCUT2D eigenvalue weighted by atomic mass is 10.1. The molecule has 2 N–H and O–H groups in total. The van der Waals surface area contributed by atoms with Gasteiger partial charge in [-0.25, -0.2) is 4.98 Å². The van der Waals surface area contributed by atoms with Crippen LogP contribution >= 0.6 is 0 Å². The normalized spacial score (nSPS) is 11.2. The van der Waals surface area contributed by atoms with Crippen molar-refractivity contribution in [3.63, 3.8) is 0 Å². The van der Waals surface area contributed by atoms with Gasteiger partial charge in [-0.15, -0.1) is 0 Å². The fraction of sp³-hybridized carbons (Fsp3) is 0.111. The number of nitrogens with one attached hydrogen (secondary N) is 2. The van der Waals surface area contributed by atoms with Crippen LogP contribution in [-0.4, -0.2) is 21.2 Å². The Morgan fingerprint density at radius 2 is 1.91 bits per heavy atom. The molecule has 0 atom stereocenters. The molecule has 0 radical (unpaired) electrons. The first-order valence-electron chi connectivity index (χ1n) is 7.61. The van der Waals surface area contributed by atoms with Crippen LogP contribution in [0.4, 0.5) is 0 Å². The van der Waals surface area contributed by atoms with Crippen molar-refractivity contribution in [3.8, 4) is 11.3 Å². The molecule has 2 aromatic heterocycles. The van der Waals surface area contributed by atoms with E-state index in [1.807, 2.05) is 66.3 Å². The van der Waals surface area contributed by atoms with Gasteiger partial charge in [-0.3, -0.25) is 9.47 Å². The zero-order valence-corrected chi connectivity index (χ0v) is 12.7. The van der Waals surface area contributed by atoms with Crippen LogP contribution in [0.15, 0.2) is 59.5 Å². The highest BCUT2D eigenvalue weighted by Crippen LogP contribution is 2.27. The second-order valence-corrected chi connectivity index (χ2v) is 5.37. The summed E-state index contributed by atoms with van der Waals surface area (Å²) in [6, 6.07) is 15.5. The number of aromatic amines is 1. The Kier molecular flexibility index (Phi) is 3.12. The lowest BCUT2D eigenvalue weighted by molar-refractivity contribution is 0.901. The highest BCUT2D eigenvalue weighted by Gasteiger charge is 2.14. The van der Waals surface area contributed by atoms with Crippen molar-refractivity contribution in [1.82, 2.24) is 14.6 Å². The van der Waals surface area contributed by atoms with E-state index in [1.54, 1.807) is 0 Å². The largest absolute Gasteiger partial charge is 0.326 e. The molecule has 4 rings (SSSR count). The molecule has 0 unspecified atom stereocenters. The van der Waals surface area contributed by atoms with E-state index in [9.17, 15) is 4.79 Å². The summed E-state index contributed by atoms with van der Waals surface area (Å²) in [4.78, 5) is 20.0. The maximum Gasteiger partial charge on any atom is 0.275 e. The molecule has 0 amide bonds. The van der Waals surface area contributed by atoms with Gasteiger partial charge in [0.15, 0.2) is 0 Å². The van der Waals surface area contributed by atoms with Crippen molar-refractivity contribution >= 4 is 21.9 Å². The second kappa shape index (κ2) is 5.28.